The van der Waals surface area contributed by atoms with Crippen molar-refractivity contribution >= 4 is 28.3 Å². The zero-order chi connectivity index (χ0) is 19.8. The van der Waals surface area contributed by atoms with Gasteiger partial charge in [-0.15, -0.1) is 0 Å². The monoisotopic (exact) mass is 379 g/mol. The van der Waals surface area contributed by atoms with Gasteiger partial charge < -0.3 is 5.32 Å². The molecule has 0 fully saturated rings. The van der Waals surface area contributed by atoms with Crippen molar-refractivity contribution in [1.82, 2.24) is 14.8 Å². The lowest BCUT2D eigenvalue weighted by Gasteiger charge is -2.39. The summed E-state index contributed by atoms with van der Waals surface area (Å²) in [5.74, 6) is 0.0982. The third kappa shape index (κ3) is 3.08. The molecule has 1 N–H and O–H groups in total. The Hall–Kier alpha value is -2.40. The largest absolute Gasteiger partial charge is 0.356 e. The summed E-state index contributed by atoms with van der Waals surface area (Å²) in [7, 11) is 2.10. The van der Waals surface area contributed by atoms with E-state index in [4.69, 9.17) is 0 Å². The highest BCUT2D eigenvalue weighted by molar-refractivity contribution is 6.03. The third-order valence-electron chi connectivity index (χ3n) is 6.13. The van der Waals surface area contributed by atoms with Crippen molar-refractivity contribution < 1.29 is 9.59 Å². The van der Waals surface area contributed by atoms with E-state index in [-0.39, 0.29) is 23.8 Å². The van der Waals surface area contributed by atoms with Crippen LogP contribution in [0.3, 0.4) is 0 Å². The highest BCUT2D eigenvalue weighted by atomic mass is 16.2. The molecule has 2 aliphatic rings. The maximum absolute atomic E-state index is 12.7. The Bertz CT molecular complexity index is 956. The number of benzene rings is 1. The molecule has 4 rings (SSSR count). The van der Waals surface area contributed by atoms with E-state index in [1.165, 1.54) is 22.1 Å². The smallest absolute Gasteiger partial charge is 0.230 e. The van der Waals surface area contributed by atoms with Crippen molar-refractivity contribution in [2.45, 2.75) is 45.6 Å². The maximum atomic E-state index is 12.7. The van der Waals surface area contributed by atoms with E-state index in [0.29, 0.717) is 6.42 Å². The summed E-state index contributed by atoms with van der Waals surface area (Å²) in [6.45, 7) is 5.49. The van der Waals surface area contributed by atoms with Crippen molar-refractivity contribution in [2.75, 3.05) is 20.1 Å². The number of carbonyl (C=O) groups is 2. The lowest BCUT2D eigenvalue weighted by molar-refractivity contribution is -0.124. The summed E-state index contributed by atoms with van der Waals surface area (Å²) in [5.41, 5.74) is 4.61. The number of nitrogens with one attached hydrogen (secondary N) is 1. The fourth-order valence-corrected chi connectivity index (χ4v) is 4.62. The molecule has 1 aromatic heterocycles. The average Bonchev–Trinajstić information content (AvgIpc) is 3.08. The van der Waals surface area contributed by atoms with Crippen molar-refractivity contribution in [2.24, 2.45) is 5.92 Å². The molecule has 0 saturated carbocycles. The van der Waals surface area contributed by atoms with Gasteiger partial charge in [0.1, 0.15) is 0 Å². The van der Waals surface area contributed by atoms with Gasteiger partial charge in [0.25, 0.3) is 0 Å². The van der Waals surface area contributed by atoms with Crippen LogP contribution >= 0.6 is 0 Å². The van der Waals surface area contributed by atoms with Gasteiger partial charge in [-0.25, -0.2) is 0 Å². The zero-order valence-electron chi connectivity index (χ0n) is 17.0. The number of amides is 1. The van der Waals surface area contributed by atoms with Gasteiger partial charge in [0.15, 0.2) is 0 Å². The Morgan fingerprint density at radius 2 is 2.07 bits per heavy atom. The molecule has 1 aliphatic heterocycles. The van der Waals surface area contributed by atoms with Crippen LogP contribution in [0.5, 0.6) is 0 Å². The molecular weight excluding hydrogens is 350 g/mol. The van der Waals surface area contributed by atoms with E-state index in [2.05, 4.69) is 36.3 Å². The minimum absolute atomic E-state index is 0.114. The standard InChI is InChI=1S/C23H29N3O2/c1-4-6-10-24-23(28)16-11-18-17-8-7-9-19-22(17)15(12-20(18)25(3)13-16)14-26(19)21(27)5-2/h7-9,11,14,16,20H,4-6,10,12-13H2,1-3H3,(H,24,28). The number of nitrogens with zero attached hydrogens (tertiary/aromatic N) is 2. The molecule has 5 nitrogen and oxygen atoms in total. The summed E-state index contributed by atoms with van der Waals surface area (Å²) in [5, 5.41) is 4.25. The van der Waals surface area contributed by atoms with E-state index in [9.17, 15) is 9.59 Å². The summed E-state index contributed by atoms with van der Waals surface area (Å²) in [6.07, 6.45) is 7.64. The number of aromatic nitrogens is 1. The molecule has 5 heteroatoms. The van der Waals surface area contributed by atoms with Gasteiger partial charge in [-0.1, -0.05) is 38.5 Å². The van der Waals surface area contributed by atoms with Crippen molar-refractivity contribution in [3.05, 3.63) is 41.6 Å². The predicted molar refractivity (Wildman–Crippen MR) is 112 cm³/mol. The molecule has 2 atom stereocenters. The van der Waals surface area contributed by atoms with Gasteiger partial charge in [-0.05, 0) is 42.7 Å². The number of likely N-dealkylation sites (N-methyl/N-ethyl adjacent to an activating group) is 1. The molecule has 1 aromatic carbocycles. The first-order valence-corrected chi connectivity index (χ1v) is 10.4. The average molecular weight is 380 g/mol. The van der Waals surface area contributed by atoms with Gasteiger partial charge in [0.2, 0.25) is 11.8 Å². The van der Waals surface area contributed by atoms with Gasteiger partial charge in [0, 0.05) is 37.1 Å². The minimum atomic E-state index is -0.135. The highest BCUT2D eigenvalue weighted by Crippen LogP contribution is 2.41. The molecule has 148 valence electrons. The first kappa shape index (κ1) is 18.9. The van der Waals surface area contributed by atoms with Crippen LogP contribution in [0.25, 0.3) is 16.5 Å². The van der Waals surface area contributed by atoms with Crippen LogP contribution in [-0.2, 0) is 11.2 Å². The molecule has 28 heavy (non-hydrogen) atoms. The van der Waals surface area contributed by atoms with Crippen LogP contribution < -0.4 is 5.32 Å². The van der Waals surface area contributed by atoms with E-state index in [0.717, 1.165) is 37.9 Å². The van der Waals surface area contributed by atoms with E-state index < -0.39 is 0 Å². The number of unbranched alkanes of at least 4 members (excludes halogenated alkanes) is 1. The molecule has 0 bridgehead atoms. The van der Waals surface area contributed by atoms with Gasteiger partial charge in [-0.3, -0.25) is 19.1 Å². The van der Waals surface area contributed by atoms with Crippen molar-refractivity contribution in [3.63, 3.8) is 0 Å². The highest BCUT2D eigenvalue weighted by Gasteiger charge is 2.36. The van der Waals surface area contributed by atoms with E-state index in [1.54, 1.807) is 4.57 Å². The van der Waals surface area contributed by atoms with Crippen LogP contribution in [0.2, 0.25) is 0 Å². The number of rotatable bonds is 5. The molecule has 0 spiro atoms. The number of hydrogen-bond acceptors (Lipinski definition) is 3. The second kappa shape index (κ2) is 7.55. The molecule has 1 aliphatic carbocycles. The third-order valence-corrected chi connectivity index (χ3v) is 6.13. The fourth-order valence-electron chi connectivity index (χ4n) is 4.62. The number of fused-ring (bicyclic) bond motifs is 2. The molecular formula is C23H29N3O2. The lowest BCUT2D eigenvalue weighted by atomic mass is 9.80. The van der Waals surface area contributed by atoms with Gasteiger partial charge >= 0.3 is 0 Å². The molecule has 1 amide bonds. The van der Waals surface area contributed by atoms with Crippen LogP contribution in [-0.4, -0.2) is 47.5 Å². The molecule has 2 heterocycles. The Morgan fingerprint density at radius 3 is 2.82 bits per heavy atom. The summed E-state index contributed by atoms with van der Waals surface area (Å²) in [4.78, 5) is 27.4. The van der Waals surface area contributed by atoms with E-state index in [1.807, 2.05) is 25.3 Å². The van der Waals surface area contributed by atoms with Crippen LogP contribution in [0.4, 0.5) is 0 Å². The normalized spacial score (nSPS) is 21.3. The Balaban J connectivity index is 1.75. The van der Waals surface area contributed by atoms with Crippen LogP contribution in [0, 0.1) is 5.92 Å². The van der Waals surface area contributed by atoms with Crippen LogP contribution in [0.15, 0.2) is 30.5 Å². The maximum Gasteiger partial charge on any atom is 0.230 e. The molecule has 0 saturated heterocycles. The zero-order valence-corrected chi connectivity index (χ0v) is 17.0. The fraction of sp³-hybridized carbons (Fsp3) is 0.478. The first-order valence-electron chi connectivity index (χ1n) is 10.4. The van der Waals surface area contributed by atoms with Gasteiger partial charge in [0.05, 0.1) is 11.4 Å². The first-order chi connectivity index (χ1) is 13.5. The number of hydrogen-bond donors (Lipinski definition) is 1. The van der Waals surface area contributed by atoms with E-state index >= 15 is 0 Å². The second-order valence-electron chi connectivity index (χ2n) is 8.00. The molecule has 2 aromatic rings. The Labute approximate surface area is 166 Å². The number of carbonyl (C=O) groups excluding carboxylic acids is 2. The quantitative estimate of drug-likeness (QED) is 0.810. The summed E-state index contributed by atoms with van der Waals surface area (Å²) >= 11 is 0. The molecule has 0 radical (unpaired) electrons. The topological polar surface area (TPSA) is 54.3 Å². The second-order valence-corrected chi connectivity index (χ2v) is 8.00. The van der Waals surface area contributed by atoms with Crippen LogP contribution in [0.1, 0.15) is 49.0 Å². The molecule has 2 unspecified atom stereocenters. The summed E-state index contributed by atoms with van der Waals surface area (Å²) in [6, 6.07) is 6.44. The van der Waals surface area contributed by atoms with Crippen molar-refractivity contribution in [3.8, 4) is 0 Å². The Kier molecular flexibility index (Phi) is 5.11. The Morgan fingerprint density at radius 1 is 1.25 bits per heavy atom. The predicted octanol–water partition coefficient (Wildman–Crippen LogP) is 3.48. The SMILES string of the molecule is CCCCNC(=O)C1C=C2c3cccc4c3c(cn4C(=O)CC)CC2N(C)C1. The van der Waals surface area contributed by atoms with Gasteiger partial charge in [-0.2, -0.15) is 0 Å². The lowest BCUT2D eigenvalue weighted by Crippen LogP contribution is -2.46. The summed E-state index contributed by atoms with van der Waals surface area (Å²) < 4.78 is 1.81. The minimum Gasteiger partial charge on any atom is -0.356 e. The van der Waals surface area contributed by atoms with Crippen molar-refractivity contribution in [1.29, 1.82) is 0 Å².